The molecule has 0 saturated heterocycles. The van der Waals surface area contributed by atoms with E-state index in [1.54, 1.807) is 24.4 Å². The normalized spacial score (nSPS) is 10.9. The zero-order chi connectivity index (χ0) is 15.0. The summed E-state index contributed by atoms with van der Waals surface area (Å²) >= 11 is 0. The van der Waals surface area contributed by atoms with Gasteiger partial charge < -0.3 is 9.47 Å². The topological polar surface area (TPSA) is 47.1 Å². The van der Waals surface area contributed by atoms with Gasteiger partial charge in [-0.2, -0.15) is 5.10 Å². The van der Waals surface area contributed by atoms with Crippen LogP contribution in [0.15, 0.2) is 30.5 Å². The van der Waals surface area contributed by atoms with E-state index in [2.05, 4.69) is 10.2 Å². The number of aromatic amines is 1. The minimum absolute atomic E-state index is 0.0760. The summed E-state index contributed by atoms with van der Waals surface area (Å²) in [5, 5.41) is 7.51. The van der Waals surface area contributed by atoms with E-state index in [9.17, 15) is 8.78 Å². The van der Waals surface area contributed by atoms with Gasteiger partial charge in [0.25, 0.3) is 0 Å². The third-order valence-electron chi connectivity index (χ3n) is 3.30. The zero-order valence-electron chi connectivity index (χ0n) is 11.4. The van der Waals surface area contributed by atoms with Gasteiger partial charge in [0.2, 0.25) is 0 Å². The van der Waals surface area contributed by atoms with Gasteiger partial charge in [0.1, 0.15) is 0 Å². The van der Waals surface area contributed by atoms with Crippen molar-refractivity contribution in [3.05, 3.63) is 42.1 Å². The lowest BCUT2D eigenvalue weighted by Gasteiger charge is -2.12. The molecule has 108 valence electrons. The van der Waals surface area contributed by atoms with Crippen molar-refractivity contribution in [2.45, 2.75) is 0 Å². The number of H-pyrrole nitrogens is 1. The summed E-state index contributed by atoms with van der Waals surface area (Å²) in [6.45, 7) is 0. The Kier molecular flexibility index (Phi) is 3.21. The lowest BCUT2D eigenvalue weighted by Crippen LogP contribution is -1.99. The van der Waals surface area contributed by atoms with Gasteiger partial charge in [-0.05, 0) is 11.6 Å². The summed E-state index contributed by atoms with van der Waals surface area (Å²) in [5.41, 5.74) is 0.870. The number of aromatic nitrogens is 2. The van der Waals surface area contributed by atoms with Crippen LogP contribution in [0.3, 0.4) is 0 Å². The average Bonchev–Trinajstić information content (AvgIpc) is 2.95. The number of nitrogens with zero attached hydrogens (tertiary/aromatic N) is 1. The van der Waals surface area contributed by atoms with Crippen molar-refractivity contribution in [1.82, 2.24) is 10.2 Å². The standard InChI is InChI=1S/C15H12F2N2O2/c1-20-11-6-12(21-2)15(17)13(14(11)16)8-3-4-9-7-18-19-10(9)5-8/h3-7H,1-2H3,(H,18,19). The molecule has 6 heteroatoms. The third kappa shape index (κ3) is 2.08. The van der Waals surface area contributed by atoms with E-state index in [1.165, 1.54) is 20.3 Å². The Bertz CT molecular complexity index is 787. The minimum Gasteiger partial charge on any atom is -0.494 e. The molecular formula is C15H12F2N2O2. The molecule has 0 atom stereocenters. The first kappa shape index (κ1) is 13.4. The van der Waals surface area contributed by atoms with Crippen molar-refractivity contribution in [2.24, 2.45) is 0 Å². The van der Waals surface area contributed by atoms with Crippen LogP contribution in [-0.4, -0.2) is 24.4 Å². The monoisotopic (exact) mass is 290 g/mol. The number of ether oxygens (including phenoxy) is 2. The SMILES string of the molecule is COc1cc(OC)c(F)c(-c2ccc3cn[nH]c3c2)c1F. The Morgan fingerprint density at radius 2 is 1.67 bits per heavy atom. The maximum absolute atomic E-state index is 14.4. The second-order valence-corrected chi connectivity index (χ2v) is 4.46. The molecule has 0 aliphatic rings. The van der Waals surface area contributed by atoms with Crippen LogP contribution in [0, 0.1) is 11.6 Å². The fourth-order valence-electron chi connectivity index (χ4n) is 2.23. The van der Waals surface area contributed by atoms with E-state index in [0.717, 1.165) is 5.39 Å². The molecule has 0 saturated carbocycles. The van der Waals surface area contributed by atoms with E-state index in [4.69, 9.17) is 9.47 Å². The van der Waals surface area contributed by atoms with Gasteiger partial charge in [-0.1, -0.05) is 12.1 Å². The zero-order valence-corrected chi connectivity index (χ0v) is 11.4. The summed E-state index contributed by atoms with van der Waals surface area (Å²) < 4.78 is 38.7. The number of rotatable bonds is 3. The first-order chi connectivity index (χ1) is 10.2. The molecule has 2 aromatic carbocycles. The van der Waals surface area contributed by atoms with Crippen LogP contribution in [0.4, 0.5) is 8.78 Å². The van der Waals surface area contributed by atoms with Gasteiger partial charge in [-0.3, -0.25) is 5.10 Å². The summed E-state index contributed by atoms with van der Waals surface area (Å²) in [6, 6.07) is 6.17. The molecule has 0 unspecified atom stereocenters. The molecule has 1 aromatic heterocycles. The summed E-state index contributed by atoms with van der Waals surface area (Å²) in [7, 11) is 2.63. The second-order valence-electron chi connectivity index (χ2n) is 4.46. The quantitative estimate of drug-likeness (QED) is 0.802. The molecule has 0 aliphatic heterocycles. The maximum atomic E-state index is 14.4. The van der Waals surface area contributed by atoms with E-state index in [0.29, 0.717) is 11.1 Å². The van der Waals surface area contributed by atoms with Gasteiger partial charge >= 0.3 is 0 Å². The van der Waals surface area contributed by atoms with Crippen molar-refractivity contribution >= 4 is 10.9 Å². The molecule has 3 rings (SSSR count). The molecule has 0 spiro atoms. The lowest BCUT2D eigenvalue weighted by atomic mass is 10.0. The highest BCUT2D eigenvalue weighted by molar-refractivity contribution is 5.84. The highest BCUT2D eigenvalue weighted by atomic mass is 19.1. The first-order valence-electron chi connectivity index (χ1n) is 6.19. The Morgan fingerprint density at radius 3 is 2.29 bits per heavy atom. The molecule has 1 N–H and O–H groups in total. The van der Waals surface area contributed by atoms with Crippen LogP contribution >= 0.6 is 0 Å². The number of methoxy groups -OCH3 is 2. The van der Waals surface area contributed by atoms with Crippen molar-refractivity contribution < 1.29 is 18.3 Å². The Labute approximate surface area is 119 Å². The fraction of sp³-hybridized carbons (Fsp3) is 0.133. The number of hydrogen-bond acceptors (Lipinski definition) is 3. The van der Waals surface area contributed by atoms with Crippen LogP contribution in [-0.2, 0) is 0 Å². The number of nitrogens with one attached hydrogen (secondary N) is 1. The summed E-state index contributed by atoms with van der Waals surface area (Å²) in [6.07, 6.45) is 1.64. The molecule has 4 nitrogen and oxygen atoms in total. The van der Waals surface area contributed by atoms with E-state index < -0.39 is 11.6 Å². The number of hydrogen-bond donors (Lipinski definition) is 1. The largest absolute Gasteiger partial charge is 0.494 e. The predicted molar refractivity (Wildman–Crippen MR) is 74.5 cm³/mol. The molecular weight excluding hydrogens is 278 g/mol. The average molecular weight is 290 g/mol. The third-order valence-corrected chi connectivity index (χ3v) is 3.30. The lowest BCUT2D eigenvalue weighted by molar-refractivity contribution is 0.360. The Balaban J connectivity index is 2.29. The van der Waals surface area contributed by atoms with Crippen molar-refractivity contribution in [2.75, 3.05) is 14.2 Å². The van der Waals surface area contributed by atoms with Crippen LogP contribution in [0.2, 0.25) is 0 Å². The summed E-state index contributed by atoms with van der Waals surface area (Å²) in [4.78, 5) is 0. The molecule has 0 bridgehead atoms. The molecule has 0 amide bonds. The fourth-order valence-corrected chi connectivity index (χ4v) is 2.23. The van der Waals surface area contributed by atoms with Crippen molar-refractivity contribution in [3.63, 3.8) is 0 Å². The minimum atomic E-state index is -0.769. The Hall–Kier alpha value is -2.63. The molecule has 3 aromatic rings. The van der Waals surface area contributed by atoms with Gasteiger partial charge in [-0.25, -0.2) is 8.78 Å². The number of benzene rings is 2. The van der Waals surface area contributed by atoms with Crippen LogP contribution in [0.25, 0.3) is 22.0 Å². The number of fused-ring (bicyclic) bond motifs is 1. The van der Waals surface area contributed by atoms with Gasteiger partial charge in [0.15, 0.2) is 23.1 Å². The van der Waals surface area contributed by atoms with Gasteiger partial charge in [0.05, 0.1) is 31.5 Å². The van der Waals surface area contributed by atoms with E-state index in [-0.39, 0.29) is 17.1 Å². The smallest absolute Gasteiger partial charge is 0.176 e. The van der Waals surface area contributed by atoms with Crippen LogP contribution in [0.1, 0.15) is 0 Å². The van der Waals surface area contributed by atoms with Crippen molar-refractivity contribution in [1.29, 1.82) is 0 Å². The predicted octanol–water partition coefficient (Wildman–Crippen LogP) is 3.53. The maximum Gasteiger partial charge on any atom is 0.176 e. The Morgan fingerprint density at radius 1 is 1.00 bits per heavy atom. The summed E-state index contributed by atoms with van der Waals surface area (Å²) in [5.74, 6) is -1.69. The number of halogens is 2. The van der Waals surface area contributed by atoms with E-state index >= 15 is 0 Å². The molecule has 21 heavy (non-hydrogen) atoms. The van der Waals surface area contributed by atoms with E-state index in [1.807, 2.05) is 0 Å². The molecule has 0 aliphatic carbocycles. The molecule has 1 heterocycles. The van der Waals surface area contributed by atoms with Crippen LogP contribution < -0.4 is 9.47 Å². The van der Waals surface area contributed by atoms with Crippen LogP contribution in [0.5, 0.6) is 11.5 Å². The van der Waals surface area contributed by atoms with Crippen molar-refractivity contribution in [3.8, 4) is 22.6 Å². The van der Waals surface area contributed by atoms with Gasteiger partial charge in [-0.15, -0.1) is 0 Å². The molecule has 0 radical (unpaired) electrons. The first-order valence-corrected chi connectivity index (χ1v) is 6.19. The van der Waals surface area contributed by atoms with Gasteiger partial charge in [0, 0.05) is 11.5 Å². The highest BCUT2D eigenvalue weighted by Crippen LogP contribution is 2.38. The highest BCUT2D eigenvalue weighted by Gasteiger charge is 2.21. The second kappa shape index (κ2) is 5.05. The molecule has 0 fully saturated rings.